The molecule has 0 aliphatic carbocycles. The van der Waals surface area contributed by atoms with Crippen molar-refractivity contribution in [3.05, 3.63) is 63.4 Å². The third kappa shape index (κ3) is 4.37. The molecule has 6 N–H and O–H groups in total. The number of nitrogens with two attached hydrogens (primary N) is 2. The Labute approximate surface area is 171 Å². The van der Waals surface area contributed by atoms with Crippen molar-refractivity contribution in [2.45, 2.75) is 18.3 Å². The number of rotatable bonds is 3. The second kappa shape index (κ2) is 8.74. The van der Waals surface area contributed by atoms with E-state index >= 15 is 0 Å². The first kappa shape index (κ1) is 20.3. The van der Waals surface area contributed by atoms with Crippen molar-refractivity contribution in [3.63, 3.8) is 0 Å². The molecule has 1 aliphatic rings. The standard InChI is InChI=1S/C18H20N6OS.CH2O2/c19-16-22-14(10-15(25)23-16)24-8-6-18(7-9-24,12-4-2-1-3-5-12)13-11-26-17(20)21-13;2-1-3/h1-5,10-11H,6-9H2,(H2,20,21)(H3,19,22,23,25);1H,(H,2,3). The Balaban J connectivity index is 0.000000755. The Hall–Kier alpha value is -3.40. The maximum atomic E-state index is 11.7. The van der Waals surface area contributed by atoms with Crippen LogP contribution < -0.4 is 21.9 Å². The van der Waals surface area contributed by atoms with Gasteiger partial charge in [-0.05, 0) is 18.4 Å². The van der Waals surface area contributed by atoms with Crippen LogP contribution in [0.4, 0.5) is 16.9 Å². The van der Waals surface area contributed by atoms with Crippen LogP contribution >= 0.6 is 11.3 Å². The van der Waals surface area contributed by atoms with Gasteiger partial charge in [-0.2, -0.15) is 4.98 Å². The van der Waals surface area contributed by atoms with Gasteiger partial charge < -0.3 is 21.5 Å². The normalized spacial score (nSPS) is 15.2. The molecule has 0 bridgehead atoms. The molecule has 0 spiro atoms. The monoisotopic (exact) mass is 414 g/mol. The van der Waals surface area contributed by atoms with Gasteiger partial charge in [0, 0.05) is 30.0 Å². The molecule has 0 atom stereocenters. The van der Waals surface area contributed by atoms with E-state index in [-0.39, 0.29) is 23.4 Å². The molecule has 152 valence electrons. The molecule has 2 aromatic heterocycles. The van der Waals surface area contributed by atoms with E-state index in [1.807, 2.05) is 6.07 Å². The first-order valence-corrected chi connectivity index (χ1v) is 9.83. The van der Waals surface area contributed by atoms with Crippen LogP contribution in [0.25, 0.3) is 0 Å². The molecular formula is C19H22N6O3S. The highest BCUT2D eigenvalue weighted by molar-refractivity contribution is 7.13. The van der Waals surface area contributed by atoms with E-state index in [1.165, 1.54) is 23.0 Å². The summed E-state index contributed by atoms with van der Waals surface area (Å²) in [6.45, 7) is 1.25. The molecule has 1 saturated heterocycles. The summed E-state index contributed by atoms with van der Waals surface area (Å²) in [6.07, 6.45) is 1.71. The minimum atomic E-state index is -0.250. The van der Waals surface area contributed by atoms with Gasteiger partial charge >= 0.3 is 0 Å². The zero-order valence-electron chi connectivity index (χ0n) is 15.6. The van der Waals surface area contributed by atoms with Crippen molar-refractivity contribution in [2.24, 2.45) is 0 Å². The Bertz CT molecular complexity index is 1010. The van der Waals surface area contributed by atoms with Gasteiger partial charge in [0.05, 0.1) is 5.69 Å². The molecule has 29 heavy (non-hydrogen) atoms. The number of hydrogen-bond donors (Lipinski definition) is 4. The molecule has 1 aromatic carbocycles. The summed E-state index contributed by atoms with van der Waals surface area (Å²) in [7, 11) is 0. The Morgan fingerprint density at radius 1 is 1.17 bits per heavy atom. The number of piperidine rings is 1. The number of nitrogens with one attached hydrogen (secondary N) is 1. The van der Waals surface area contributed by atoms with Crippen molar-refractivity contribution in [1.29, 1.82) is 0 Å². The van der Waals surface area contributed by atoms with Crippen LogP contribution in [0.2, 0.25) is 0 Å². The van der Waals surface area contributed by atoms with Crippen LogP contribution in [-0.4, -0.2) is 39.6 Å². The van der Waals surface area contributed by atoms with Gasteiger partial charge in [-0.3, -0.25) is 14.6 Å². The SMILES string of the molecule is Nc1nc(N2CCC(c3ccccc3)(c3csc(N)n3)CC2)cc(=O)[nH]1.O=CO. The molecule has 9 nitrogen and oxygen atoms in total. The first-order chi connectivity index (χ1) is 14.0. The molecular weight excluding hydrogens is 392 g/mol. The van der Waals surface area contributed by atoms with Crippen LogP contribution in [-0.2, 0) is 10.2 Å². The van der Waals surface area contributed by atoms with Crippen LogP contribution in [0.3, 0.4) is 0 Å². The van der Waals surface area contributed by atoms with Crippen LogP contribution in [0.5, 0.6) is 0 Å². The van der Waals surface area contributed by atoms with E-state index in [0.717, 1.165) is 31.6 Å². The van der Waals surface area contributed by atoms with Crippen molar-refractivity contribution >= 4 is 34.7 Å². The molecule has 1 fully saturated rings. The van der Waals surface area contributed by atoms with E-state index in [1.54, 1.807) is 0 Å². The maximum Gasteiger partial charge on any atom is 0.290 e. The summed E-state index contributed by atoms with van der Waals surface area (Å²) in [4.78, 5) is 33.5. The number of hydrogen-bond acceptors (Lipinski definition) is 8. The molecule has 10 heteroatoms. The lowest BCUT2D eigenvalue weighted by molar-refractivity contribution is -0.122. The minimum absolute atomic E-state index is 0.139. The number of nitrogen functional groups attached to an aromatic ring is 2. The molecule has 3 heterocycles. The molecule has 0 saturated carbocycles. The minimum Gasteiger partial charge on any atom is -0.483 e. The number of nitrogens with zero attached hydrogens (tertiary/aromatic N) is 3. The second-order valence-corrected chi connectivity index (χ2v) is 7.49. The number of aromatic amines is 1. The van der Waals surface area contributed by atoms with E-state index in [4.69, 9.17) is 21.4 Å². The first-order valence-electron chi connectivity index (χ1n) is 8.95. The molecule has 1 aliphatic heterocycles. The second-order valence-electron chi connectivity index (χ2n) is 6.60. The van der Waals surface area contributed by atoms with Crippen LogP contribution in [0.1, 0.15) is 24.1 Å². The zero-order chi connectivity index (χ0) is 20.9. The highest BCUT2D eigenvalue weighted by atomic mass is 32.1. The maximum absolute atomic E-state index is 11.7. The van der Waals surface area contributed by atoms with E-state index in [9.17, 15) is 4.79 Å². The molecule has 3 aromatic rings. The fourth-order valence-electron chi connectivity index (χ4n) is 3.70. The van der Waals surface area contributed by atoms with Gasteiger partial charge in [0.1, 0.15) is 5.82 Å². The summed E-state index contributed by atoms with van der Waals surface area (Å²) in [5, 5.41) is 9.53. The van der Waals surface area contributed by atoms with E-state index in [2.05, 4.69) is 49.5 Å². The van der Waals surface area contributed by atoms with E-state index < -0.39 is 0 Å². The number of benzene rings is 1. The van der Waals surface area contributed by atoms with Crippen LogP contribution in [0.15, 0.2) is 46.6 Å². The summed E-state index contributed by atoms with van der Waals surface area (Å²) < 4.78 is 0. The number of H-pyrrole nitrogens is 1. The number of carboxylic acid groups (broad SMARTS) is 1. The summed E-state index contributed by atoms with van der Waals surface area (Å²) in [6, 6.07) is 11.9. The predicted octanol–water partition coefficient (Wildman–Crippen LogP) is 1.68. The summed E-state index contributed by atoms with van der Waals surface area (Å²) in [5.74, 6) is 0.755. The highest BCUT2D eigenvalue weighted by Crippen LogP contribution is 2.42. The van der Waals surface area contributed by atoms with Crippen molar-refractivity contribution in [3.8, 4) is 0 Å². The van der Waals surface area contributed by atoms with Gasteiger partial charge in [-0.1, -0.05) is 30.3 Å². The van der Waals surface area contributed by atoms with Crippen molar-refractivity contribution in [2.75, 3.05) is 29.5 Å². The van der Waals surface area contributed by atoms with Gasteiger partial charge in [0.25, 0.3) is 12.0 Å². The lowest BCUT2D eigenvalue weighted by Crippen LogP contribution is -2.44. The molecule has 0 unspecified atom stereocenters. The van der Waals surface area contributed by atoms with Crippen molar-refractivity contribution in [1.82, 2.24) is 15.0 Å². The predicted molar refractivity (Wildman–Crippen MR) is 113 cm³/mol. The van der Waals surface area contributed by atoms with Gasteiger partial charge in [-0.15, -0.1) is 11.3 Å². The van der Waals surface area contributed by atoms with Gasteiger partial charge in [0.2, 0.25) is 5.95 Å². The number of thiazole rings is 1. The summed E-state index contributed by atoms with van der Waals surface area (Å²) >= 11 is 1.47. The Morgan fingerprint density at radius 2 is 1.83 bits per heavy atom. The topological polar surface area (TPSA) is 151 Å². The number of carbonyl (C=O) groups is 1. The van der Waals surface area contributed by atoms with E-state index in [0.29, 0.717) is 10.9 Å². The Kier molecular flexibility index (Phi) is 6.13. The lowest BCUT2D eigenvalue weighted by Gasteiger charge is -2.41. The average molecular weight is 414 g/mol. The summed E-state index contributed by atoms with van der Waals surface area (Å²) in [5.41, 5.74) is 13.4. The smallest absolute Gasteiger partial charge is 0.290 e. The lowest BCUT2D eigenvalue weighted by atomic mass is 9.70. The number of anilines is 3. The van der Waals surface area contributed by atoms with Gasteiger partial charge in [0.15, 0.2) is 5.13 Å². The fraction of sp³-hybridized carbons (Fsp3) is 0.263. The van der Waals surface area contributed by atoms with Gasteiger partial charge in [-0.25, -0.2) is 4.98 Å². The van der Waals surface area contributed by atoms with Crippen LogP contribution in [0, 0.1) is 0 Å². The molecule has 0 amide bonds. The fourth-order valence-corrected chi connectivity index (χ4v) is 4.36. The van der Waals surface area contributed by atoms with Crippen molar-refractivity contribution < 1.29 is 9.90 Å². The highest BCUT2D eigenvalue weighted by Gasteiger charge is 2.40. The quantitative estimate of drug-likeness (QED) is 0.473. The third-order valence-corrected chi connectivity index (χ3v) is 5.70. The zero-order valence-corrected chi connectivity index (χ0v) is 16.4. The number of aromatic nitrogens is 3. The molecule has 0 radical (unpaired) electrons. The Morgan fingerprint density at radius 3 is 2.38 bits per heavy atom. The average Bonchev–Trinajstić information content (AvgIpc) is 3.15. The third-order valence-electron chi connectivity index (χ3n) is 5.03. The largest absolute Gasteiger partial charge is 0.483 e. The molecule has 4 rings (SSSR count).